The highest BCUT2D eigenvalue weighted by atomic mass is 32.2. The normalized spacial score (nSPS) is 13.7. The smallest absolute Gasteiger partial charge is 0.0752 e. The fourth-order valence-corrected chi connectivity index (χ4v) is 2.94. The van der Waals surface area contributed by atoms with Gasteiger partial charge in [0.2, 0.25) is 0 Å². The van der Waals surface area contributed by atoms with Crippen LogP contribution in [-0.4, -0.2) is 12.1 Å². The lowest BCUT2D eigenvalue weighted by molar-refractivity contribution is 1.08. The number of hydrogen-bond donors (Lipinski definition) is 2. The van der Waals surface area contributed by atoms with Gasteiger partial charge in [-0.3, -0.25) is 0 Å². The van der Waals surface area contributed by atoms with E-state index in [1.165, 1.54) is 0 Å². The van der Waals surface area contributed by atoms with Gasteiger partial charge in [0.05, 0.1) is 10.7 Å². The van der Waals surface area contributed by atoms with Crippen LogP contribution in [0, 0.1) is 6.92 Å². The number of hydrogen-bond acceptors (Lipinski definition) is 4. The highest BCUT2D eigenvalue weighted by Crippen LogP contribution is 2.29. The molecule has 118 valence electrons. The van der Waals surface area contributed by atoms with Crippen molar-refractivity contribution in [1.82, 2.24) is 5.32 Å². The molecule has 0 saturated heterocycles. The molecule has 1 aromatic carbocycles. The van der Waals surface area contributed by atoms with Crippen molar-refractivity contribution >= 4 is 41.2 Å². The summed E-state index contributed by atoms with van der Waals surface area (Å²) in [6.07, 6.45) is 3.78. The minimum absolute atomic E-state index is 0.977. The second-order valence-corrected chi connectivity index (χ2v) is 6.86. The van der Waals surface area contributed by atoms with E-state index in [4.69, 9.17) is 4.99 Å². The zero-order valence-corrected chi connectivity index (χ0v) is 15.6. The minimum atomic E-state index is 0.977. The lowest BCUT2D eigenvalue weighted by Crippen LogP contribution is -1.95. The number of allylic oxidation sites excluding steroid dienone is 2. The van der Waals surface area contributed by atoms with Crippen molar-refractivity contribution in [3.8, 4) is 0 Å². The molecule has 0 heterocycles. The summed E-state index contributed by atoms with van der Waals surface area (Å²) in [5.74, 6) is 0. The van der Waals surface area contributed by atoms with Gasteiger partial charge >= 0.3 is 0 Å². The second-order valence-electron chi connectivity index (χ2n) is 5.00. The summed E-state index contributed by atoms with van der Waals surface area (Å²) in [6, 6.07) is 6.17. The molecule has 0 spiro atoms. The van der Waals surface area contributed by atoms with Gasteiger partial charge in [-0.2, -0.15) is 0 Å². The Balaban J connectivity index is 3.02. The molecule has 0 aromatic heterocycles. The van der Waals surface area contributed by atoms with Gasteiger partial charge in [0, 0.05) is 23.1 Å². The highest BCUT2D eigenvalue weighted by molar-refractivity contribution is 8.17. The number of thioether (sulfide) groups is 1. The molecule has 0 bridgehead atoms. The van der Waals surface area contributed by atoms with Crippen molar-refractivity contribution in [3.63, 3.8) is 0 Å². The van der Waals surface area contributed by atoms with Crippen LogP contribution in [0.25, 0.3) is 6.08 Å². The monoisotopic (exact) mass is 332 g/mol. The van der Waals surface area contributed by atoms with Gasteiger partial charge in [0.1, 0.15) is 0 Å². The molecule has 0 fully saturated rings. The summed E-state index contributed by atoms with van der Waals surface area (Å²) in [7, 11) is 1.88. The summed E-state index contributed by atoms with van der Waals surface area (Å²) in [5.41, 5.74) is 4.33. The number of rotatable bonds is 5. The van der Waals surface area contributed by atoms with Crippen molar-refractivity contribution in [2.24, 2.45) is 4.99 Å². The average molecular weight is 333 g/mol. The number of nitrogens with zero attached hydrogens (tertiary/aromatic N) is 1. The molecule has 22 heavy (non-hydrogen) atoms. The molecule has 0 aliphatic carbocycles. The van der Waals surface area contributed by atoms with E-state index >= 15 is 0 Å². The Labute approximate surface area is 143 Å². The van der Waals surface area contributed by atoms with E-state index in [1.54, 1.807) is 11.8 Å². The van der Waals surface area contributed by atoms with Crippen LogP contribution in [0.2, 0.25) is 0 Å². The largest absolute Gasteiger partial charge is 0.394 e. The molecule has 0 atom stereocenters. The molecule has 2 nitrogen and oxygen atoms in total. The lowest BCUT2D eigenvalue weighted by Gasteiger charge is -2.08. The Bertz CT molecular complexity index is 640. The third-order valence-corrected chi connectivity index (χ3v) is 4.85. The first-order valence-corrected chi connectivity index (χ1v) is 8.36. The number of aliphatic imine (C=N–C) groups is 1. The van der Waals surface area contributed by atoms with Crippen molar-refractivity contribution in [1.29, 1.82) is 0 Å². The Morgan fingerprint density at radius 2 is 2.00 bits per heavy atom. The maximum Gasteiger partial charge on any atom is 0.0752 e. The summed E-state index contributed by atoms with van der Waals surface area (Å²) >= 11 is 6.23. The molecule has 0 amide bonds. The van der Waals surface area contributed by atoms with Crippen LogP contribution in [0.1, 0.15) is 31.9 Å². The Morgan fingerprint density at radius 3 is 2.59 bits per heavy atom. The zero-order chi connectivity index (χ0) is 16.7. The SMILES string of the molecule is C=Cc1ccc(C)c(/N=C(\C)S/C(C)=C(S)\C(C)=C/NC)c1. The van der Waals surface area contributed by atoms with Gasteiger partial charge in [-0.1, -0.05) is 36.5 Å². The van der Waals surface area contributed by atoms with Crippen LogP contribution in [0.15, 0.2) is 51.4 Å². The number of benzene rings is 1. The second kappa shape index (κ2) is 8.91. The Morgan fingerprint density at radius 1 is 1.32 bits per heavy atom. The molecule has 0 saturated carbocycles. The predicted octanol–water partition coefficient (Wildman–Crippen LogP) is 5.71. The first-order chi connectivity index (χ1) is 10.4. The molecule has 0 unspecified atom stereocenters. The van der Waals surface area contributed by atoms with Crippen LogP contribution in [-0.2, 0) is 0 Å². The summed E-state index contributed by atoms with van der Waals surface area (Å²) in [4.78, 5) is 6.83. The molecule has 1 N–H and O–H groups in total. The topological polar surface area (TPSA) is 24.4 Å². The van der Waals surface area contributed by atoms with Crippen molar-refractivity contribution < 1.29 is 0 Å². The van der Waals surface area contributed by atoms with Gasteiger partial charge in [-0.05, 0) is 50.5 Å². The van der Waals surface area contributed by atoms with E-state index in [2.05, 4.69) is 50.5 Å². The van der Waals surface area contributed by atoms with Crippen molar-refractivity contribution in [2.75, 3.05) is 7.05 Å². The molecule has 4 heteroatoms. The lowest BCUT2D eigenvalue weighted by atomic mass is 10.1. The first kappa shape index (κ1) is 18.7. The standard InChI is InChI=1S/C18H24N2S2/c1-7-16-9-8-12(2)17(10-16)20-15(5)22-14(4)18(21)13(3)11-19-6/h7-11,19,21H,1H2,2-6H3/b13-11-,18-14+,20-15+. The van der Waals surface area contributed by atoms with Crippen LogP contribution in [0.3, 0.4) is 0 Å². The van der Waals surface area contributed by atoms with Gasteiger partial charge in [0.15, 0.2) is 0 Å². The zero-order valence-electron chi connectivity index (χ0n) is 13.9. The van der Waals surface area contributed by atoms with Crippen LogP contribution in [0.5, 0.6) is 0 Å². The van der Waals surface area contributed by atoms with Gasteiger partial charge < -0.3 is 5.32 Å². The van der Waals surface area contributed by atoms with Crippen LogP contribution >= 0.6 is 24.4 Å². The summed E-state index contributed by atoms with van der Waals surface area (Å²) < 4.78 is 0. The fourth-order valence-electron chi connectivity index (χ4n) is 1.90. The fraction of sp³-hybridized carbons (Fsp3) is 0.278. The molecular formula is C18H24N2S2. The third-order valence-electron chi connectivity index (χ3n) is 3.12. The summed E-state index contributed by atoms with van der Waals surface area (Å²) in [5, 5.41) is 4.01. The number of thiol groups is 1. The van der Waals surface area contributed by atoms with E-state index in [0.29, 0.717) is 0 Å². The predicted molar refractivity (Wildman–Crippen MR) is 106 cm³/mol. The minimum Gasteiger partial charge on any atom is -0.394 e. The maximum absolute atomic E-state index is 4.72. The molecular weight excluding hydrogens is 308 g/mol. The third kappa shape index (κ3) is 5.43. The average Bonchev–Trinajstić information content (AvgIpc) is 2.48. The molecule has 1 rings (SSSR count). The van der Waals surface area contributed by atoms with Crippen LogP contribution < -0.4 is 5.32 Å². The Kier molecular flexibility index (Phi) is 7.56. The van der Waals surface area contributed by atoms with Gasteiger partial charge in [0.25, 0.3) is 0 Å². The van der Waals surface area contributed by atoms with E-state index in [9.17, 15) is 0 Å². The van der Waals surface area contributed by atoms with E-state index in [1.807, 2.05) is 39.2 Å². The van der Waals surface area contributed by atoms with E-state index in [0.717, 1.165) is 37.2 Å². The molecule has 1 aromatic rings. The van der Waals surface area contributed by atoms with Crippen molar-refractivity contribution in [3.05, 3.63) is 57.5 Å². The highest BCUT2D eigenvalue weighted by Gasteiger charge is 2.05. The van der Waals surface area contributed by atoms with Gasteiger partial charge in [-0.25, -0.2) is 4.99 Å². The van der Waals surface area contributed by atoms with E-state index < -0.39 is 0 Å². The number of aryl methyl sites for hydroxylation is 1. The van der Waals surface area contributed by atoms with E-state index in [-0.39, 0.29) is 0 Å². The first-order valence-electron chi connectivity index (χ1n) is 7.09. The summed E-state index contributed by atoms with van der Waals surface area (Å²) in [6.45, 7) is 12.0. The maximum atomic E-state index is 4.72. The molecule has 0 aliphatic rings. The Hall–Kier alpha value is -1.39. The van der Waals surface area contributed by atoms with Crippen LogP contribution in [0.4, 0.5) is 5.69 Å². The van der Waals surface area contributed by atoms with Crippen molar-refractivity contribution in [2.45, 2.75) is 27.7 Å². The molecule has 0 aliphatic heterocycles. The van der Waals surface area contributed by atoms with Gasteiger partial charge in [-0.15, -0.1) is 12.6 Å². The quantitative estimate of drug-likeness (QED) is 0.312. The number of nitrogens with one attached hydrogen (secondary N) is 1. The molecule has 0 radical (unpaired) electrons.